The number of nitro benzene ring substituents is 1. The minimum absolute atomic E-state index is 0.0667. The highest BCUT2D eigenvalue weighted by molar-refractivity contribution is 5.36. The number of ether oxygens (including phenoxy) is 1. The lowest BCUT2D eigenvalue weighted by Crippen LogP contribution is -2.13. The van der Waals surface area contributed by atoms with Crippen molar-refractivity contribution in [2.24, 2.45) is 5.92 Å². The summed E-state index contributed by atoms with van der Waals surface area (Å²) >= 11 is 0. The lowest BCUT2D eigenvalue weighted by Gasteiger charge is -2.13. The van der Waals surface area contributed by atoms with Crippen LogP contribution in [0.2, 0.25) is 0 Å². The van der Waals surface area contributed by atoms with Gasteiger partial charge in [-0.1, -0.05) is 0 Å². The molecule has 0 radical (unpaired) electrons. The van der Waals surface area contributed by atoms with Crippen LogP contribution in [0.25, 0.3) is 0 Å². The third kappa shape index (κ3) is 2.94. The summed E-state index contributed by atoms with van der Waals surface area (Å²) in [4.78, 5) is 10.0. The van der Waals surface area contributed by atoms with Crippen LogP contribution < -0.4 is 4.74 Å². The predicted octanol–water partition coefficient (Wildman–Crippen LogP) is 2.13. The van der Waals surface area contributed by atoms with Gasteiger partial charge in [0, 0.05) is 18.7 Å². The van der Waals surface area contributed by atoms with E-state index in [0.29, 0.717) is 11.7 Å². The quantitative estimate of drug-likeness (QED) is 0.643. The van der Waals surface area contributed by atoms with Crippen molar-refractivity contribution in [2.75, 3.05) is 6.61 Å². The van der Waals surface area contributed by atoms with Gasteiger partial charge in [-0.05, 0) is 37.3 Å². The lowest BCUT2D eigenvalue weighted by atomic mass is 10.1. The van der Waals surface area contributed by atoms with Gasteiger partial charge in [-0.25, -0.2) is 0 Å². The Hall–Kier alpha value is -1.62. The van der Waals surface area contributed by atoms with Gasteiger partial charge in [0.1, 0.15) is 5.75 Å². The molecule has 1 N–H and O–H groups in total. The van der Waals surface area contributed by atoms with E-state index in [1.807, 2.05) is 0 Å². The van der Waals surface area contributed by atoms with Crippen LogP contribution in [0.5, 0.6) is 5.75 Å². The molecule has 1 aliphatic rings. The molecule has 1 fully saturated rings. The molecule has 17 heavy (non-hydrogen) atoms. The van der Waals surface area contributed by atoms with E-state index in [1.54, 1.807) is 12.1 Å². The number of non-ortho nitro benzene ring substituents is 1. The largest absolute Gasteiger partial charge is 0.490 e. The molecular formula is C12H15NO4. The minimum atomic E-state index is -0.429. The Morgan fingerprint density at radius 3 is 2.59 bits per heavy atom. The fraction of sp³-hybridized carbons (Fsp3) is 0.500. The topological polar surface area (TPSA) is 72.6 Å². The van der Waals surface area contributed by atoms with Crippen LogP contribution in [0.15, 0.2) is 24.3 Å². The average molecular weight is 237 g/mol. The van der Waals surface area contributed by atoms with Gasteiger partial charge in [-0.15, -0.1) is 0 Å². The average Bonchev–Trinajstić information content (AvgIpc) is 2.77. The summed E-state index contributed by atoms with van der Waals surface area (Å²) < 4.78 is 5.71. The molecule has 5 nitrogen and oxygen atoms in total. The maximum atomic E-state index is 10.5. The van der Waals surface area contributed by atoms with Gasteiger partial charge in [-0.2, -0.15) is 0 Å². The van der Waals surface area contributed by atoms with Crippen LogP contribution in [0.4, 0.5) is 5.69 Å². The zero-order valence-corrected chi connectivity index (χ0v) is 9.41. The summed E-state index contributed by atoms with van der Waals surface area (Å²) in [5.41, 5.74) is 0.0667. The highest BCUT2D eigenvalue weighted by Gasteiger charge is 2.25. The first-order chi connectivity index (χ1) is 8.19. The molecule has 2 atom stereocenters. The molecule has 1 aromatic rings. The highest BCUT2D eigenvalue weighted by Crippen LogP contribution is 2.29. The summed E-state index contributed by atoms with van der Waals surface area (Å²) in [7, 11) is 0. The standard InChI is InChI=1S/C12H15NO4/c14-8-9-1-4-12(7-9)17-11-5-2-10(3-6-11)13(15)16/h2-3,5-6,9,12,14H,1,4,7-8H2/t9-,12+/m1/s1. The van der Waals surface area contributed by atoms with E-state index < -0.39 is 4.92 Å². The van der Waals surface area contributed by atoms with Crippen molar-refractivity contribution < 1.29 is 14.8 Å². The number of benzene rings is 1. The van der Waals surface area contributed by atoms with Gasteiger partial charge >= 0.3 is 0 Å². The van der Waals surface area contributed by atoms with Crippen molar-refractivity contribution in [2.45, 2.75) is 25.4 Å². The van der Waals surface area contributed by atoms with Crippen molar-refractivity contribution in [1.82, 2.24) is 0 Å². The molecule has 0 spiro atoms. The van der Waals surface area contributed by atoms with Crippen molar-refractivity contribution in [3.05, 3.63) is 34.4 Å². The maximum Gasteiger partial charge on any atom is 0.269 e. The molecule has 0 aliphatic heterocycles. The van der Waals surface area contributed by atoms with Crippen LogP contribution in [-0.2, 0) is 0 Å². The highest BCUT2D eigenvalue weighted by atomic mass is 16.6. The number of rotatable bonds is 4. The monoisotopic (exact) mass is 237 g/mol. The third-order valence-corrected chi connectivity index (χ3v) is 3.10. The van der Waals surface area contributed by atoms with E-state index in [1.165, 1.54) is 12.1 Å². The van der Waals surface area contributed by atoms with Gasteiger partial charge in [0.2, 0.25) is 0 Å². The third-order valence-electron chi connectivity index (χ3n) is 3.10. The maximum absolute atomic E-state index is 10.5. The SMILES string of the molecule is O=[N+]([O-])c1ccc(O[C@H]2CC[C@@H](CO)C2)cc1. The van der Waals surface area contributed by atoms with E-state index >= 15 is 0 Å². The molecule has 1 aliphatic carbocycles. The first-order valence-corrected chi connectivity index (χ1v) is 5.71. The Kier molecular flexibility index (Phi) is 3.58. The lowest BCUT2D eigenvalue weighted by molar-refractivity contribution is -0.384. The summed E-state index contributed by atoms with van der Waals surface area (Å²) in [6.07, 6.45) is 2.89. The van der Waals surface area contributed by atoms with E-state index in [4.69, 9.17) is 9.84 Å². The summed E-state index contributed by atoms with van der Waals surface area (Å²) in [5, 5.41) is 19.5. The van der Waals surface area contributed by atoms with Crippen molar-refractivity contribution in [3.63, 3.8) is 0 Å². The smallest absolute Gasteiger partial charge is 0.269 e. The van der Waals surface area contributed by atoms with Gasteiger partial charge in [0.15, 0.2) is 0 Å². The number of aliphatic hydroxyl groups is 1. The van der Waals surface area contributed by atoms with Crippen LogP contribution >= 0.6 is 0 Å². The van der Waals surface area contributed by atoms with E-state index in [0.717, 1.165) is 19.3 Å². The second kappa shape index (κ2) is 5.14. The Morgan fingerprint density at radius 2 is 2.06 bits per heavy atom. The molecule has 0 amide bonds. The van der Waals surface area contributed by atoms with Gasteiger partial charge < -0.3 is 9.84 Å². The molecule has 92 valence electrons. The van der Waals surface area contributed by atoms with Crippen molar-refractivity contribution in [1.29, 1.82) is 0 Å². The molecule has 2 rings (SSSR count). The normalized spacial score (nSPS) is 23.6. The Balaban J connectivity index is 1.93. The van der Waals surface area contributed by atoms with Crippen molar-refractivity contribution in [3.8, 4) is 5.75 Å². The fourth-order valence-corrected chi connectivity index (χ4v) is 2.14. The summed E-state index contributed by atoms with van der Waals surface area (Å²) in [6, 6.07) is 6.11. The zero-order valence-electron chi connectivity index (χ0n) is 9.41. The molecule has 0 aromatic heterocycles. The van der Waals surface area contributed by atoms with E-state index in [2.05, 4.69) is 0 Å². The molecule has 5 heteroatoms. The number of aliphatic hydroxyl groups excluding tert-OH is 1. The van der Waals surface area contributed by atoms with Crippen molar-refractivity contribution >= 4 is 5.69 Å². The number of nitrogens with zero attached hydrogens (tertiary/aromatic N) is 1. The van der Waals surface area contributed by atoms with E-state index in [-0.39, 0.29) is 18.4 Å². The first-order valence-electron chi connectivity index (χ1n) is 5.71. The van der Waals surface area contributed by atoms with Crippen LogP contribution in [-0.4, -0.2) is 22.7 Å². The summed E-state index contributed by atoms with van der Waals surface area (Å²) in [6.45, 7) is 0.208. The van der Waals surface area contributed by atoms with Gasteiger partial charge in [-0.3, -0.25) is 10.1 Å². The van der Waals surface area contributed by atoms with Gasteiger partial charge in [0.05, 0.1) is 11.0 Å². The molecular weight excluding hydrogens is 222 g/mol. The molecule has 0 bridgehead atoms. The minimum Gasteiger partial charge on any atom is -0.490 e. The molecule has 0 saturated heterocycles. The Labute approximate surface area is 99.2 Å². The molecule has 0 unspecified atom stereocenters. The Morgan fingerprint density at radius 1 is 1.35 bits per heavy atom. The van der Waals surface area contributed by atoms with E-state index in [9.17, 15) is 10.1 Å². The van der Waals surface area contributed by atoms with Crippen LogP contribution in [0, 0.1) is 16.0 Å². The molecule has 1 aromatic carbocycles. The Bertz CT molecular complexity index is 390. The van der Waals surface area contributed by atoms with Gasteiger partial charge in [0.25, 0.3) is 5.69 Å². The number of nitro groups is 1. The second-order valence-electron chi connectivity index (χ2n) is 4.35. The summed E-state index contributed by atoms with van der Waals surface area (Å²) in [5.74, 6) is 0.984. The second-order valence-corrected chi connectivity index (χ2v) is 4.35. The zero-order chi connectivity index (χ0) is 12.3. The van der Waals surface area contributed by atoms with Crippen LogP contribution in [0.1, 0.15) is 19.3 Å². The molecule has 1 saturated carbocycles. The fourth-order valence-electron chi connectivity index (χ4n) is 2.14. The van der Waals surface area contributed by atoms with Crippen LogP contribution in [0.3, 0.4) is 0 Å². The number of hydrogen-bond acceptors (Lipinski definition) is 4. The first kappa shape index (κ1) is 11.9. The number of hydrogen-bond donors (Lipinski definition) is 1. The predicted molar refractivity (Wildman–Crippen MR) is 61.9 cm³/mol. The molecule has 0 heterocycles.